The van der Waals surface area contributed by atoms with Crippen LogP contribution in [0.1, 0.15) is 18.4 Å². The average molecular weight is 240 g/mol. The molecule has 0 unspecified atom stereocenters. The van der Waals surface area contributed by atoms with Gasteiger partial charge in [-0.25, -0.2) is 4.98 Å². The predicted octanol–water partition coefficient (Wildman–Crippen LogP) is 1.73. The summed E-state index contributed by atoms with van der Waals surface area (Å²) in [6, 6.07) is 1.72. The molecule has 1 aromatic rings. The molecule has 0 aromatic carbocycles. The number of hydrogen-bond donors (Lipinski definition) is 2. The molecular formula is C11H14ClN3O. The van der Waals surface area contributed by atoms with Crippen molar-refractivity contribution in [3.05, 3.63) is 23.0 Å². The number of aryl methyl sites for hydroxylation is 1. The Labute approximate surface area is 99.4 Å². The lowest BCUT2D eigenvalue weighted by atomic mass is 10.2. The monoisotopic (exact) mass is 239 g/mol. The highest BCUT2D eigenvalue weighted by atomic mass is 35.5. The maximum atomic E-state index is 11.9. The largest absolute Gasteiger partial charge is 0.322 e. The average Bonchev–Trinajstić information content (AvgIpc) is 2.76. The van der Waals surface area contributed by atoms with Crippen molar-refractivity contribution < 1.29 is 4.79 Å². The second kappa shape index (κ2) is 4.80. The van der Waals surface area contributed by atoms with Crippen LogP contribution in [0.4, 0.5) is 5.69 Å². The van der Waals surface area contributed by atoms with Gasteiger partial charge in [-0.05, 0) is 37.9 Å². The van der Waals surface area contributed by atoms with E-state index < -0.39 is 0 Å². The number of amides is 1. The van der Waals surface area contributed by atoms with Crippen LogP contribution in [-0.4, -0.2) is 23.5 Å². The Kier molecular flexibility index (Phi) is 3.41. The zero-order valence-corrected chi connectivity index (χ0v) is 9.84. The zero-order chi connectivity index (χ0) is 11.5. The van der Waals surface area contributed by atoms with E-state index >= 15 is 0 Å². The summed E-state index contributed by atoms with van der Waals surface area (Å²) in [7, 11) is 0. The Bertz CT molecular complexity index is 382. The maximum absolute atomic E-state index is 11.9. The molecule has 1 aliphatic rings. The van der Waals surface area contributed by atoms with E-state index in [9.17, 15) is 4.79 Å². The van der Waals surface area contributed by atoms with Gasteiger partial charge in [0.15, 0.2) is 5.15 Å². The predicted molar refractivity (Wildman–Crippen MR) is 63.6 cm³/mol. The Hall–Kier alpha value is -1.13. The molecule has 1 amide bonds. The third-order valence-electron chi connectivity index (χ3n) is 2.74. The molecule has 4 nitrogen and oxygen atoms in total. The number of carbonyl (C=O) groups is 1. The van der Waals surface area contributed by atoms with Crippen LogP contribution in [0.3, 0.4) is 0 Å². The topological polar surface area (TPSA) is 54.0 Å². The van der Waals surface area contributed by atoms with E-state index in [0.29, 0.717) is 10.8 Å². The summed E-state index contributed by atoms with van der Waals surface area (Å²) in [4.78, 5) is 15.8. The summed E-state index contributed by atoms with van der Waals surface area (Å²) < 4.78 is 0. The number of rotatable bonds is 2. The number of anilines is 1. The van der Waals surface area contributed by atoms with Crippen molar-refractivity contribution >= 4 is 23.2 Å². The Morgan fingerprint density at radius 3 is 3.12 bits per heavy atom. The van der Waals surface area contributed by atoms with E-state index in [1.165, 1.54) is 0 Å². The SMILES string of the molecule is Cc1ccnc(Cl)c1NC(=O)[C@@H]1CCCN1. The summed E-state index contributed by atoms with van der Waals surface area (Å²) in [6.07, 6.45) is 3.54. The molecular weight excluding hydrogens is 226 g/mol. The van der Waals surface area contributed by atoms with Crippen molar-refractivity contribution in [3.8, 4) is 0 Å². The first-order chi connectivity index (χ1) is 7.68. The van der Waals surface area contributed by atoms with Crippen LogP contribution in [0.25, 0.3) is 0 Å². The highest BCUT2D eigenvalue weighted by Crippen LogP contribution is 2.23. The summed E-state index contributed by atoms with van der Waals surface area (Å²) in [5, 5.41) is 6.30. The number of pyridine rings is 1. The Balaban J connectivity index is 2.11. The van der Waals surface area contributed by atoms with E-state index in [1.807, 2.05) is 13.0 Å². The van der Waals surface area contributed by atoms with Gasteiger partial charge in [0.25, 0.3) is 0 Å². The maximum Gasteiger partial charge on any atom is 0.241 e. The van der Waals surface area contributed by atoms with Gasteiger partial charge in [0.2, 0.25) is 5.91 Å². The lowest BCUT2D eigenvalue weighted by Gasteiger charge is -2.13. The fourth-order valence-electron chi connectivity index (χ4n) is 1.79. The number of carbonyl (C=O) groups excluding carboxylic acids is 1. The van der Waals surface area contributed by atoms with Crippen LogP contribution in [0.2, 0.25) is 5.15 Å². The number of nitrogens with zero attached hydrogens (tertiary/aromatic N) is 1. The van der Waals surface area contributed by atoms with Crippen LogP contribution >= 0.6 is 11.6 Å². The van der Waals surface area contributed by atoms with Crippen molar-refractivity contribution in [2.75, 3.05) is 11.9 Å². The van der Waals surface area contributed by atoms with Crippen LogP contribution in [0, 0.1) is 6.92 Å². The van der Waals surface area contributed by atoms with Gasteiger partial charge in [-0.2, -0.15) is 0 Å². The molecule has 2 N–H and O–H groups in total. The van der Waals surface area contributed by atoms with Crippen LogP contribution in [-0.2, 0) is 4.79 Å². The van der Waals surface area contributed by atoms with E-state index in [-0.39, 0.29) is 11.9 Å². The highest BCUT2D eigenvalue weighted by molar-refractivity contribution is 6.32. The second-order valence-corrected chi connectivity index (χ2v) is 4.29. The molecule has 1 saturated heterocycles. The number of halogens is 1. The van der Waals surface area contributed by atoms with Crippen molar-refractivity contribution in [2.45, 2.75) is 25.8 Å². The van der Waals surface area contributed by atoms with Crippen LogP contribution in [0.15, 0.2) is 12.3 Å². The van der Waals surface area contributed by atoms with E-state index in [2.05, 4.69) is 15.6 Å². The Morgan fingerprint density at radius 2 is 2.50 bits per heavy atom. The fourth-order valence-corrected chi connectivity index (χ4v) is 2.05. The highest BCUT2D eigenvalue weighted by Gasteiger charge is 2.23. The first-order valence-corrected chi connectivity index (χ1v) is 5.71. The van der Waals surface area contributed by atoms with Crippen molar-refractivity contribution in [1.82, 2.24) is 10.3 Å². The van der Waals surface area contributed by atoms with Gasteiger partial charge < -0.3 is 10.6 Å². The molecule has 0 radical (unpaired) electrons. The fraction of sp³-hybridized carbons (Fsp3) is 0.455. The molecule has 0 aliphatic carbocycles. The molecule has 1 atom stereocenters. The van der Waals surface area contributed by atoms with Crippen LogP contribution < -0.4 is 10.6 Å². The molecule has 1 aliphatic heterocycles. The molecule has 2 rings (SSSR count). The van der Waals surface area contributed by atoms with Gasteiger partial charge in [-0.3, -0.25) is 4.79 Å². The lowest BCUT2D eigenvalue weighted by Crippen LogP contribution is -2.35. The zero-order valence-electron chi connectivity index (χ0n) is 9.09. The standard InChI is InChI=1S/C11H14ClN3O/c1-7-4-6-14-10(12)9(7)15-11(16)8-3-2-5-13-8/h4,6,8,13H,2-3,5H2,1H3,(H,15,16)/t8-/m0/s1. The summed E-state index contributed by atoms with van der Waals surface area (Å²) in [5.41, 5.74) is 1.54. The minimum absolute atomic E-state index is 0.0319. The summed E-state index contributed by atoms with van der Waals surface area (Å²) in [5.74, 6) is -0.0319. The lowest BCUT2D eigenvalue weighted by molar-refractivity contribution is -0.117. The number of aromatic nitrogens is 1. The molecule has 5 heteroatoms. The summed E-state index contributed by atoms with van der Waals surface area (Å²) in [6.45, 7) is 2.79. The minimum Gasteiger partial charge on any atom is -0.322 e. The molecule has 2 heterocycles. The molecule has 16 heavy (non-hydrogen) atoms. The van der Waals surface area contributed by atoms with Crippen molar-refractivity contribution in [2.24, 2.45) is 0 Å². The second-order valence-electron chi connectivity index (χ2n) is 3.93. The molecule has 0 bridgehead atoms. The molecule has 1 fully saturated rings. The normalized spacial score (nSPS) is 19.8. The van der Waals surface area contributed by atoms with E-state index in [0.717, 1.165) is 24.9 Å². The van der Waals surface area contributed by atoms with Gasteiger partial charge >= 0.3 is 0 Å². The minimum atomic E-state index is -0.101. The first-order valence-electron chi connectivity index (χ1n) is 5.34. The van der Waals surface area contributed by atoms with Gasteiger partial charge in [-0.1, -0.05) is 11.6 Å². The van der Waals surface area contributed by atoms with Gasteiger partial charge in [0, 0.05) is 6.20 Å². The quantitative estimate of drug-likeness (QED) is 0.773. The summed E-state index contributed by atoms with van der Waals surface area (Å²) >= 11 is 5.93. The molecule has 0 spiro atoms. The first kappa shape index (κ1) is 11.4. The third-order valence-corrected chi connectivity index (χ3v) is 3.02. The number of hydrogen-bond acceptors (Lipinski definition) is 3. The molecule has 86 valence electrons. The smallest absolute Gasteiger partial charge is 0.241 e. The van der Waals surface area contributed by atoms with Crippen molar-refractivity contribution in [3.63, 3.8) is 0 Å². The van der Waals surface area contributed by atoms with E-state index in [1.54, 1.807) is 6.20 Å². The molecule has 1 aromatic heterocycles. The Morgan fingerprint density at radius 1 is 1.69 bits per heavy atom. The van der Waals surface area contributed by atoms with E-state index in [4.69, 9.17) is 11.6 Å². The van der Waals surface area contributed by atoms with Gasteiger partial charge in [0.1, 0.15) is 0 Å². The van der Waals surface area contributed by atoms with Crippen LogP contribution in [0.5, 0.6) is 0 Å². The van der Waals surface area contributed by atoms with Gasteiger partial charge in [-0.15, -0.1) is 0 Å². The molecule has 0 saturated carbocycles. The number of nitrogens with one attached hydrogen (secondary N) is 2. The van der Waals surface area contributed by atoms with Crippen molar-refractivity contribution in [1.29, 1.82) is 0 Å². The van der Waals surface area contributed by atoms with Gasteiger partial charge in [0.05, 0.1) is 11.7 Å². The third kappa shape index (κ3) is 2.33.